The normalized spacial score (nSPS) is 13.0. The maximum absolute atomic E-state index is 14.7. The summed E-state index contributed by atoms with van der Waals surface area (Å²) in [5.74, 6) is -2.14. The first-order chi connectivity index (χ1) is 15.0. The third-order valence-corrected chi connectivity index (χ3v) is 4.95. The van der Waals surface area contributed by atoms with Crippen LogP contribution >= 0.6 is 0 Å². The minimum absolute atomic E-state index is 0.158. The predicted molar refractivity (Wildman–Crippen MR) is 110 cm³/mol. The fourth-order valence-corrected chi connectivity index (χ4v) is 3.51. The molecular weight excluding hydrogens is 404 g/mol. The number of hydrogen-bond donors (Lipinski definition) is 0. The number of rotatable bonds is 6. The van der Waals surface area contributed by atoms with Gasteiger partial charge in [-0.05, 0) is 47.5 Å². The molecule has 4 aromatic rings. The fourth-order valence-electron chi connectivity index (χ4n) is 3.51. The van der Waals surface area contributed by atoms with E-state index in [1.54, 1.807) is 24.3 Å². The van der Waals surface area contributed by atoms with Gasteiger partial charge in [0.15, 0.2) is 0 Å². The Labute approximate surface area is 177 Å². The van der Waals surface area contributed by atoms with Crippen molar-refractivity contribution in [2.24, 2.45) is 0 Å². The Morgan fingerprint density at radius 3 is 1.29 bits per heavy atom. The van der Waals surface area contributed by atoms with Crippen LogP contribution in [0.1, 0.15) is 34.5 Å². The third-order valence-electron chi connectivity index (χ3n) is 4.95. The SMILES string of the molecule is Fc1cccc(C(OC(c2cccc(F)c2)c2ccccc2F)c2ccccc2F)c1. The highest BCUT2D eigenvalue weighted by Crippen LogP contribution is 2.38. The molecule has 0 bridgehead atoms. The summed E-state index contributed by atoms with van der Waals surface area (Å²) in [6.07, 6.45) is -2.13. The average molecular weight is 422 g/mol. The van der Waals surface area contributed by atoms with Crippen LogP contribution in [0.25, 0.3) is 0 Å². The van der Waals surface area contributed by atoms with Gasteiger partial charge in [-0.15, -0.1) is 0 Å². The molecule has 2 unspecified atom stereocenters. The molecule has 0 aromatic heterocycles. The van der Waals surface area contributed by atoms with E-state index in [9.17, 15) is 17.6 Å². The molecule has 0 aliphatic rings. The molecule has 0 radical (unpaired) electrons. The topological polar surface area (TPSA) is 9.23 Å². The molecule has 156 valence electrons. The summed E-state index contributed by atoms with van der Waals surface area (Å²) in [7, 11) is 0. The quantitative estimate of drug-likeness (QED) is 0.300. The number of hydrogen-bond acceptors (Lipinski definition) is 1. The van der Waals surface area contributed by atoms with Gasteiger partial charge in [0, 0.05) is 11.1 Å². The van der Waals surface area contributed by atoms with Gasteiger partial charge in [-0.1, -0.05) is 60.7 Å². The lowest BCUT2D eigenvalue weighted by atomic mass is 9.97. The molecule has 0 aliphatic heterocycles. The summed E-state index contributed by atoms with van der Waals surface area (Å²) in [5, 5.41) is 0. The number of halogens is 4. The molecule has 0 aliphatic carbocycles. The first kappa shape index (κ1) is 20.8. The molecular formula is C26H18F4O. The van der Waals surface area contributed by atoms with Gasteiger partial charge in [-0.2, -0.15) is 0 Å². The molecule has 1 nitrogen and oxygen atoms in total. The van der Waals surface area contributed by atoms with E-state index in [0.717, 1.165) is 0 Å². The molecule has 2 atom stereocenters. The van der Waals surface area contributed by atoms with E-state index in [1.165, 1.54) is 72.8 Å². The second-order valence-corrected chi connectivity index (χ2v) is 7.05. The minimum Gasteiger partial charge on any atom is -0.356 e. The molecule has 0 N–H and O–H groups in total. The first-order valence-electron chi connectivity index (χ1n) is 9.68. The molecule has 4 aromatic carbocycles. The van der Waals surface area contributed by atoms with Crippen LogP contribution in [0, 0.1) is 23.3 Å². The average Bonchev–Trinajstić information content (AvgIpc) is 2.76. The molecule has 4 rings (SSSR count). The van der Waals surface area contributed by atoms with Crippen LogP contribution in [0.4, 0.5) is 17.6 Å². The molecule has 0 heterocycles. The zero-order valence-corrected chi connectivity index (χ0v) is 16.3. The van der Waals surface area contributed by atoms with E-state index in [1.807, 2.05) is 0 Å². The second-order valence-electron chi connectivity index (χ2n) is 7.05. The van der Waals surface area contributed by atoms with Gasteiger partial charge in [-0.25, -0.2) is 17.6 Å². The van der Waals surface area contributed by atoms with Gasteiger partial charge in [0.1, 0.15) is 35.5 Å². The lowest BCUT2D eigenvalue weighted by molar-refractivity contribution is 0.0267. The number of benzene rings is 4. The van der Waals surface area contributed by atoms with E-state index in [0.29, 0.717) is 11.1 Å². The van der Waals surface area contributed by atoms with E-state index in [-0.39, 0.29) is 11.1 Å². The Kier molecular flexibility index (Phi) is 6.14. The van der Waals surface area contributed by atoms with Crippen LogP contribution in [0.5, 0.6) is 0 Å². The Morgan fingerprint density at radius 2 is 0.903 bits per heavy atom. The molecule has 31 heavy (non-hydrogen) atoms. The molecule has 5 heteroatoms. The summed E-state index contributed by atoms with van der Waals surface area (Å²) in [6.45, 7) is 0. The van der Waals surface area contributed by atoms with Crippen LogP contribution in [0.2, 0.25) is 0 Å². The van der Waals surface area contributed by atoms with Crippen molar-refractivity contribution < 1.29 is 22.3 Å². The minimum atomic E-state index is -1.07. The monoisotopic (exact) mass is 422 g/mol. The number of ether oxygens (including phenoxy) is 1. The maximum Gasteiger partial charge on any atom is 0.129 e. The van der Waals surface area contributed by atoms with Crippen LogP contribution in [-0.2, 0) is 4.74 Å². The van der Waals surface area contributed by atoms with Crippen molar-refractivity contribution in [2.45, 2.75) is 12.2 Å². The van der Waals surface area contributed by atoms with Gasteiger partial charge in [-0.3, -0.25) is 0 Å². The van der Waals surface area contributed by atoms with Crippen LogP contribution in [0.15, 0.2) is 97.1 Å². The van der Waals surface area contributed by atoms with E-state index in [2.05, 4.69) is 0 Å². The zero-order valence-electron chi connectivity index (χ0n) is 16.3. The molecule has 0 fully saturated rings. The third kappa shape index (κ3) is 4.67. The highest BCUT2D eigenvalue weighted by atomic mass is 19.1. The van der Waals surface area contributed by atoms with E-state index < -0.39 is 35.5 Å². The Bertz CT molecular complexity index is 1100. The van der Waals surface area contributed by atoms with Crippen molar-refractivity contribution in [1.29, 1.82) is 0 Å². The lowest BCUT2D eigenvalue weighted by Crippen LogP contribution is -2.16. The lowest BCUT2D eigenvalue weighted by Gasteiger charge is -2.27. The van der Waals surface area contributed by atoms with Crippen molar-refractivity contribution >= 4 is 0 Å². The Balaban J connectivity index is 1.86. The van der Waals surface area contributed by atoms with Crippen LogP contribution < -0.4 is 0 Å². The maximum atomic E-state index is 14.7. The van der Waals surface area contributed by atoms with Gasteiger partial charge in [0.2, 0.25) is 0 Å². The summed E-state index contributed by atoms with van der Waals surface area (Å²) in [4.78, 5) is 0. The van der Waals surface area contributed by atoms with Crippen LogP contribution in [0.3, 0.4) is 0 Å². The standard InChI is InChI=1S/C26H18F4O/c27-19-9-5-7-17(15-19)25(21-11-1-3-13-23(21)29)31-26(18-8-6-10-20(28)16-18)22-12-2-4-14-24(22)30/h1-16,25-26H. The van der Waals surface area contributed by atoms with Gasteiger partial charge >= 0.3 is 0 Å². The molecule has 0 amide bonds. The van der Waals surface area contributed by atoms with E-state index >= 15 is 0 Å². The largest absolute Gasteiger partial charge is 0.356 e. The van der Waals surface area contributed by atoms with Crippen molar-refractivity contribution in [3.05, 3.63) is 143 Å². The highest BCUT2D eigenvalue weighted by molar-refractivity contribution is 5.35. The Morgan fingerprint density at radius 1 is 0.484 bits per heavy atom. The zero-order chi connectivity index (χ0) is 21.8. The van der Waals surface area contributed by atoms with Crippen molar-refractivity contribution in [3.8, 4) is 0 Å². The fraction of sp³-hybridized carbons (Fsp3) is 0.0769. The smallest absolute Gasteiger partial charge is 0.129 e. The molecule has 0 saturated carbocycles. The summed E-state index contributed by atoms with van der Waals surface area (Å²) < 4.78 is 63.7. The summed E-state index contributed by atoms with van der Waals surface area (Å²) in [6, 6.07) is 23.1. The van der Waals surface area contributed by atoms with Crippen molar-refractivity contribution in [1.82, 2.24) is 0 Å². The first-order valence-corrected chi connectivity index (χ1v) is 9.68. The molecule has 0 saturated heterocycles. The van der Waals surface area contributed by atoms with Gasteiger partial charge in [0.05, 0.1) is 0 Å². The van der Waals surface area contributed by atoms with Crippen molar-refractivity contribution in [2.75, 3.05) is 0 Å². The van der Waals surface area contributed by atoms with Gasteiger partial charge in [0.25, 0.3) is 0 Å². The summed E-state index contributed by atoms with van der Waals surface area (Å²) >= 11 is 0. The highest BCUT2D eigenvalue weighted by Gasteiger charge is 2.27. The summed E-state index contributed by atoms with van der Waals surface area (Å²) in [5.41, 5.74) is 1.02. The van der Waals surface area contributed by atoms with Gasteiger partial charge < -0.3 is 4.74 Å². The van der Waals surface area contributed by atoms with E-state index in [4.69, 9.17) is 4.74 Å². The molecule has 0 spiro atoms. The predicted octanol–water partition coefficient (Wildman–Crippen LogP) is 7.14. The second kappa shape index (κ2) is 9.14. The van der Waals surface area contributed by atoms with Crippen LogP contribution in [-0.4, -0.2) is 0 Å². The Hall–Kier alpha value is -3.44. The van der Waals surface area contributed by atoms with Crippen molar-refractivity contribution in [3.63, 3.8) is 0 Å².